The lowest BCUT2D eigenvalue weighted by Crippen LogP contribution is -2.30. The molecule has 192 valence electrons. The van der Waals surface area contributed by atoms with Gasteiger partial charge in [0.05, 0.1) is 17.3 Å². The molecule has 0 bridgehead atoms. The summed E-state index contributed by atoms with van der Waals surface area (Å²) < 4.78 is 28.7. The van der Waals surface area contributed by atoms with Crippen molar-refractivity contribution in [2.45, 2.75) is 19.9 Å². The molecule has 0 aliphatic carbocycles. The number of fused-ring (bicyclic) bond motifs is 1. The van der Waals surface area contributed by atoms with Crippen molar-refractivity contribution >= 4 is 39.6 Å². The molecule has 0 spiro atoms. The van der Waals surface area contributed by atoms with E-state index in [4.69, 9.17) is 0 Å². The minimum atomic E-state index is -1.13. The van der Waals surface area contributed by atoms with Gasteiger partial charge in [-0.1, -0.05) is 54.6 Å². The summed E-state index contributed by atoms with van der Waals surface area (Å²) in [4.78, 5) is 30.0. The monoisotopic (exact) mass is 512 g/mol. The zero-order valence-corrected chi connectivity index (χ0v) is 21.0. The number of carbonyl (C=O) groups is 2. The number of anilines is 2. The summed E-state index contributed by atoms with van der Waals surface area (Å²) in [6.45, 7) is 5.65. The number of aliphatic hydroxyl groups is 1. The second-order valence-corrected chi connectivity index (χ2v) is 9.06. The van der Waals surface area contributed by atoms with Gasteiger partial charge in [0.25, 0.3) is 11.7 Å². The summed E-state index contributed by atoms with van der Waals surface area (Å²) in [5.41, 5.74) is 1.42. The molecule has 1 unspecified atom stereocenters. The number of hydrogen-bond donors (Lipinski definition) is 1. The summed E-state index contributed by atoms with van der Waals surface area (Å²) in [5.74, 6) is -4.10. The molecule has 1 fully saturated rings. The third kappa shape index (κ3) is 4.20. The molecule has 4 aromatic rings. The number of ketones is 1. The van der Waals surface area contributed by atoms with Crippen LogP contribution in [0.2, 0.25) is 0 Å². The number of hydrogen-bond acceptors (Lipinski definition) is 4. The molecule has 1 aliphatic heterocycles. The van der Waals surface area contributed by atoms with Crippen molar-refractivity contribution in [3.63, 3.8) is 0 Å². The molecule has 5 rings (SSSR count). The molecule has 1 aliphatic rings. The van der Waals surface area contributed by atoms with Crippen molar-refractivity contribution in [3.8, 4) is 0 Å². The van der Waals surface area contributed by atoms with Crippen molar-refractivity contribution in [1.29, 1.82) is 0 Å². The van der Waals surface area contributed by atoms with Gasteiger partial charge in [-0.05, 0) is 54.4 Å². The summed E-state index contributed by atoms with van der Waals surface area (Å²) in [6, 6.07) is 21.6. The first kappa shape index (κ1) is 25.1. The van der Waals surface area contributed by atoms with Gasteiger partial charge in [-0.15, -0.1) is 0 Å². The van der Waals surface area contributed by atoms with E-state index >= 15 is 0 Å². The van der Waals surface area contributed by atoms with Crippen LogP contribution in [0.15, 0.2) is 90.5 Å². The third-order valence-electron chi connectivity index (χ3n) is 7.00. The first-order valence-electron chi connectivity index (χ1n) is 12.4. The largest absolute Gasteiger partial charge is 0.507 e. The Morgan fingerprint density at radius 3 is 2.26 bits per heavy atom. The van der Waals surface area contributed by atoms with Gasteiger partial charge >= 0.3 is 0 Å². The van der Waals surface area contributed by atoms with Crippen LogP contribution in [-0.2, 0) is 9.59 Å². The molecule has 0 aromatic heterocycles. The Morgan fingerprint density at radius 2 is 1.58 bits per heavy atom. The average molecular weight is 513 g/mol. The topological polar surface area (TPSA) is 60.9 Å². The zero-order chi connectivity index (χ0) is 27.0. The molecular weight excluding hydrogens is 486 g/mol. The highest BCUT2D eigenvalue weighted by Gasteiger charge is 2.47. The van der Waals surface area contributed by atoms with E-state index in [-0.39, 0.29) is 17.0 Å². The van der Waals surface area contributed by atoms with Gasteiger partial charge in [0.2, 0.25) is 0 Å². The Bertz CT molecular complexity index is 1570. The molecule has 1 heterocycles. The zero-order valence-electron chi connectivity index (χ0n) is 21.0. The van der Waals surface area contributed by atoms with Crippen LogP contribution in [0.4, 0.5) is 20.2 Å². The predicted octanol–water partition coefficient (Wildman–Crippen LogP) is 6.59. The van der Waals surface area contributed by atoms with E-state index in [1.807, 2.05) is 56.3 Å². The van der Waals surface area contributed by atoms with Crippen molar-refractivity contribution in [2.75, 3.05) is 22.9 Å². The maximum absolute atomic E-state index is 15.0. The SMILES string of the molecule is CCN(CC)c1ccc(C2/C(=C(/O)c3cccc4ccccc34)C(=O)C(=O)N2c2ccc(F)cc2F)cc1. The van der Waals surface area contributed by atoms with E-state index in [9.17, 15) is 23.5 Å². The quantitative estimate of drug-likeness (QED) is 0.180. The van der Waals surface area contributed by atoms with Gasteiger partial charge < -0.3 is 10.0 Å². The molecule has 5 nitrogen and oxygen atoms in total. The molecule has 0 radical (unpaired) electrons. The van der Waals surface area contributed by atoms with Crippen LogP contribution < -0.4 is 9.80 Å². The lowest BCUT2D eigenvalue weighted by Gasteiger charge is -2.27. The van der Waals surface area contributed by atoms with E-state index in [0.29, 0.717) is 22.6 Å². The minimum absolute atomic E-state index is 0.161. The molecule has 38 heavy (non-hydrogen) atoms. The second-order valence-electron chi connectivity index (χ2n) is 9.06. The number of benzene rings is 4. The van der Waals surface area contributed by atoms with Gasteiger partial charge in [0.15, 0.2) is 0 Å². The first-order chi connectivity index (χ1) is 18.3. The normalized spacial score (nSPS) is 16.8. The minimum Gasteiger partial charge on any atom is -0.507 e. The van der Waals surface area contributed by atoms with E-state index in [1.165, 1.54) is 0 Å². The number of nitrogens with zero attached hydrogens (tertiary/aromatic N) is 2. The van der Waals surface area contributed by atoms with E-state index < -0.39 is 29.4 Å². The number of Topliss-reactive ketones (excluding diaryl/α,β-unsaturated/α-hetero) is 1. The molecule has 1 atom stereocenters. The lowest BCUT2D eigenvalue weighted by atomic mass is 9.93. The fourth-order valence-corrected chi connectivity index (χ4v) is 5.11. The summed E-state index contributed by atoms with van der Waals surface area (Å²) in [5, 5.41) is 13.1. The number of rotatable bonds is 6. The number of amides is 1. The predicted molar refractivity (Wildman–Crippen MR) is 145 cm³/mol. The lowest BCUT2D eigenvalue weighted by molar-refractivity contribution is -0.132. The van der Waals surface area contributed by atoms with Crippen LogP contribution in [0.3, 0.4) is 0 Å². The van der Waals surface area contributed by atoms with E-state index in [0.717, 1.165) is 41.2 Å². The summed E-state index contributed by atoms with van der Waals surface area (Å²) >= 11 is 0. The van der Waals surface area contributed by atoms with E-state index in [2.05, 4.69) is 4.90 Å². The van der Waals surface area contributed by atoms with Crippen LogP contribution >= 0.6 is 0 Å². The molecular formula is C31H26F2N2O3. The summed E-state index contributed by atoms with van der Waals surface area (Å²) in [6.07, 6.45) is 0. The van der Waals surface area contributed by atoms with Gasteiger partial charge in [-0.3, -0.25) is 14.5 Å². The summed E-state index contributed by atoms with van der Waals surface area (Å²) in [7, 11) is 0. The highest BCUT2D eigenvalue weighted by molar-refractivity contribution is 6.51. The fraction of sp³-hybridized carbons (Fsp3) is 0.161. The van der Waals surface area contributed by atoms with Crippen LogP contribution in [0.25, 0.3) is 16.5 Å². The third-order valence-corrected chi connectivity index (χ3v) is 7.00. The van der Waals surface area contributed by atoms with Crippen LogP contribution in [0.5, 0.6) is 0 Å². The average Bonchev–Trinajstić information content (AvgIpc) is 3.19. The Kier molecular flexibility index (Phi) is 6.68. The standard InChI is InChI=1S/C31H26F2N2O3/c1-3-34(4-2)22-15-12-20(13-16-22)28-27(29(36)24-11-7-9-19-8-5-6-10-23(19)24)30(37)31(38)35(28)26-17-14-21(32)18-25(26)33/h5-18,28,36H,3-4H2,1-2H3/b29-27-. The Hall–Kier alpha value is -4.52. The van der Waals surface area contributed by atoms with Gasteiger partial charge in [-0.25, -0.2) is 8.78 Å². The maximum Gasteiger partial charge on any atom is 0.300 e. The molecule has 7 heteroatoms. The Morgan fingerprint density at radius 1 is 0.895 bits per heavy atom. The van der Waals surface area contributed by atoms with Crippen LogP contribution in [0.1, 0.15) is 31.0 Å². The van der Waals surface area contributed by atoms with E-state index in [1.54, 1.807) is 24.3 Å². The fourth-order valence-electron chi connectivity index (χ4n) is 5.11. The van der Waals surface area contributed by atoms with Crippen molar-refractivity contribution in [2.24, 2.45) is 0 Å². The molecule has 4 aromatic carbocycles. The van der Waals surface area contributed by atoms with Gasteiger partial charge in [-0.2, -0.15) is 0 Å². The molecule has 1 saturated heterocycles. The smallest absolute Gasteiger partial charge is 0.300 e. The molecule has 1 amide bonds. The maximum atomic E-state index is 15.0. The van der Waals surface area contributed by atoms with Crippen molar-refractivity contribution in [3.05, 3.63) is 113 Å². The number of carbonyl (C=O) groups excluding carboxylic acids is 2. The molecule has 1 N–H and O–H groups in total. The Balaban J connectivity index is 1.74. The van der Waals surface area contributed by atoms with Crippen molar-refractivity contribution in [1.82, 2.24) is 0 Å². The Labute approximate surface area is 219 Å². The van der Waals surface area contributed by atoms with Crippen LogP contribution in [0, 0.1) is 11.6 Å². The highest BCUT2D eigenvalue weighted by Crippen LogP contribution is 2.44. The van der Waals surface area contributed by atoms with Gasteiger partial charge in [0.1, 0.15) is 17.4 Å². The number of halogens is 2. The van der Waals surface area contributed by atoms with Gasteiger partial charge in [0, 0.05) is 30.4 Å². The molecule has 0 saturated carbocycles. The van der Waals surface area contributed by atoms with Crippen LogP contribution in [-0.4, -0.2) is 29.9 Å². The second kappa shape index (κ2) is 10.1. The number of aliphatic hydroxyl groups excluding tert-OH is 1. The first-order valence-corrected chi connectivity index (χ1v) is 12.4. The highest BCUT2D eigenvalue weighted by atomic mass is 19.1. The van der Waals surface area contributed by atoms with Crippen molar-refractivity contribution < 1.29 is 23.5 Å².